The second-order valence-electron chi connectivity index (χ2n) is 10.1. The smallest absolute Gasteiger partial charge is 0.230 e. The molecule has 0 spiro atoms. The zero-order chi connectivity index (χ0) is 25.5. The van der Waals surface area contributed by atoms with Crippen molar-refractivity contribution < 1.29 is 18.7 Å². The number of hydrogen-bond donors (Lipinski definition) is 2. The molecule has 36 heavy (non-hydrogen) atoms. The molecule has 3 N–H and O–H groups in total. The Balaban J connectivity index is 1.40. The minimum atomic E-state index is -0.600. The van der Waals surface area contributed by atoms with Crippen LogP contribution in [0.4, 0.5) is 4.39 Å². The molecule has 2 aromatic rings. The monoisotopic (exact) mass is 493 g/mol. The van der Waals surface area contributed by atoms with Crippen molar-refractivity contribution in [1.82, 2.24) is 5.32 Å². The van der Waals surface area contributed by atoms with E-state index >= 15 is 0 Å². The van der Waals surface area contributed by atoms with Crippen LogP contribution in [0, 0.1) is 17.7 Å². The molecular formula is C29H36FN3O3. The van der Waals surface area contributed by atoms with Crippen molar-refractivity contribution in [3.63, 3.8) is 0 Å². The van der Waals surface area contributed by atoms with Crippen molar-refractivity contribution in [1.29, 1.82) is 0 Å². The summed E-state index contributed by atoms with van der Waals surface area (Å²) in [7, 11) is 1.42. The number of ketones is 1. The Bertz CT molecular complexity index is 1090. The maximum absolute atomic E-state index is 13.7. The van der Waals surface area contributed by atoms with E-state index in [1.54, 1.807) is 12.1 Å². The van der Waals surface area contributed by atoms with Crippen LogP contribution < -0.4 is 15.8 Å². The first-order valence-electron chi connectivity index (χ1n) is 13.0. The van der Waals surface area contributed by atoms with Crippen molar-refractivity contribution >= 4 is 17.6 Å². The lowest BCUT2D eigenvalue weighted by molar-refractivity contribution is -0.123. The number of amides is 1. The summed E-state index contributed by atoms with van der Waals surface area (Å²) in [5.41, 5.74) is 9.37. The third-order valence-electron chi connectivity index (χ3n) is 7.50. The third-order valence-corrected chi connectivity index (χ3v) is 7.50. The summed E-state index contributed by atoms with van der Waals surface area (Å²) in [4.78, 5) is 30.6. The number of nitrogens with one attached hydrogen (secondary N) is 1. The van der Waals surface area contributed by atoms with E-state index in [9.17, 15) is 14.0 Å². The number of rotatable bonds is 9. The topological polar surface area (TPSA) is 93.8 Å². The summed E-state index contributed by atoms with van der Waals surface area (Å²) in [6.07, 6.45) is 8.44. The van der Waals surface area contributed by atoms with E-state index in [1.165, 1.54) is 43.6 Å². The zero-order valence-corrected chi connectivity index (χ0v) is 21.0. The van der Waals surface area contributed by atoms with Gasteiger partial charge in [-0.15, -0.1) is 0 Å². The van der Waals surface area contributed by atoms with Gasteiger partial charge in [-0.25, -0.2) is 9.38 Å². The minimum absolute atomic E-state index is 0.00793. The van der Waals surface area contributed by atoms with Crippen molar-refractivity contribution in [2.75, 3.05) is 7.11 Å². The lowest BCUT2D eigenvalue weighted by Gasteiger charge is -2.24. The van der Waals surface area contributed by atoms with Gasteiger partial charge in [0.25, 0.3) is 0 Å². The maximum atomic E-state index is 13.7. The fraction of sp³-hybridized carbons (Fsp3) is 0.483. The van der Waals surface area contributed by atoms with Crippen LogP contribution in [0.2, 0.25) is 0 Å². The molecule has 1 atom stereocenters. The van der Waals surface area contributed by atoms with Gasteiger partial charge < -0.3 is 10.5 Å². The average molecular weight is 494 g/mol. The predicted molar refractivity (Wildman–Crippen MR) is 138 cm³/mol. The normalized spacial score (nSPS) is 17.4. The van der Waals surface area contributed by atoms with Crippen LogP contribution in [0.1, 0.15) is 61.6 Å². The Morgan fingerprint density at radius 2 is 1.81 bits per heavy atom. The number of guanidine groups is 1. The second kappa shape index (κ2) is 12.2. The molecule has 0 radical (unpaired) electrons. The van der Waals surface area contributed by atoms with E-state index in [0.29, 0.717) is 31.6 Å². The highest BCUT2D eigenvalue weighted by atomic mass is 19.1. The number of hydrogen-bond acceptors (Lipinski definition) is 4. The number of Topliss-reactive ketones (excluding diaryl/α,β-unsaturated/α-hetero) is 1. The van der Waals surface area contributed by atoms with Gasteiger partial charge in [0.15, 0.2) is 23.3 Å². The molecule has 1 fully saturated rings. The van der Waals surface area contributed by atoms with Crippen molar-refractivity contribution in [2.45, 2.75) is 70.3 Å². The van der Waals surface area contributed by atoms with E-state index in [4.69, 9.17) is 10.5 Å². The molecule has 1 amide bonds. The Kier molecular flexibility index (Phi) is 8.73. The number of fused-ring (bicyclic) bond motifs is 1. The number of aliphatic imine (C=N–C) groups is 1. The van der Waals surface area contributed by atoms with Crippen LogP contribution in [-0.4, -0.2) is 30.8 Å². The molecule has 4 rings (SSSR count). The van der Waals surface area contributed by atoms with E-state index in [0.717, 1.165) is 18.4 Å². The first-order chi connectivity index (χ1) is 17.4. The highest BCUT2D eigenvalue weighted by molar-refractivity contribution is 5.99. The van der Waals surface area contributed by atoms with E-state index in [2.05, 4.69) is 22.4 Å². The van der Waals surface area contributed by atoms with Crippen LogP contribution in [0.15, 0.2) is 47.5 Å². The standard InChI is InChI=1S/C29H36FN3O3/c1-36-27-16-20(11-13-24(27)30)12-14-26(34)25(15-19-7-3-2-4-8-19)32-29(31)33-28(35)23-17-21-9-5-6-10-22(21)18-23/h5-6,9-11,13,16,19,23,25H,2-4,7-8,12,14-15,17-18H2,1H3,(H3,31,32,33,35)/t25-/m1/s1. The first-order valence-corrected chi connectivity index (χ1v) is 13.0. The van der Waals surface area contributed by atoms with Crippen molar-refractivity contribution in [3.8, 4) is 5.75 Å². The van der Waals surface area contributed by atoms with E-state index in [-0.39, 0.29) is 35.7 Å². The SMILES string of the molecule is COc1cc(CCC(=O)[C@@H](CC2CCCCC2)N=C(N)NC(=O)C2Cc3ccccc3C2)ccc1F. The molecule has 0 bridgehead atoms. The number of aryl methyl sites for hydroxylation is 1. The lowest BCUT2D eigenvalue weighted by Crippen LogP contribution is -2.42. The van der Waals surface area contributed by atoms with Gasteiger partial charge in [-0.3, -0.25) is 14.9 Å². The Morgan fingerprint density at radius 3 is 2.47 bits per heavy atom. The number of carbonyl (C=O) groups excluding carboxylic acids is 2. The summed E-state index contributed by atoms with van der Waals surface area (Å²) in [5, 5.41) is 2.75. The number of carbonyl (C=O) groups is 2. The highest BCUT2D eigenvalue weighted by Gasteiger charge is 2.28. The number of benzene rings is 2. The molecule has 0 unspecified atom stereocenters. The summed E-state index contributed by atoms with van der Waals surface area (Å²) < 4.78 is 18.8. The van der Waals surface area contributed by atoms with Gasteiger partial charge in [0.1, 0.15) is 6.04 Å². The van der Waals surface area contributed by atoms with Gasteiger partial charge in [0.2, 0.25) is 5.91 Å². The molecule has 2 aromatic carbocycles. The van der Waals surface area contributed by atoms with Gasteiger partial charge in [-0.1, -0.05) is 62.4 Å². The van der Waals surface area contributed by atoms with Gasteiger partial charge in [0, 0.05) is 12.3 Å². The van der Waals surface area contributed by atoms with Gasteiger partial charge in [0.05, 0.1) is 7.11 Å². The van der Waals surface area contributed by atoms with Crippen molar-refractivity contribution in [3.05, 3.63) is 65.0 Å². The highest BCUT2D eigenvalue weighted by Crippen LogP contribution is 2.29. The molecule has 0 aromatic heterocycles. The number of nitrogens with zero attached hydrogens (tertiary/aromatic N) is 1. The fourth-order valence-electron chi connectivity index (χ4n) is 5.46. The third kappa shape index (κ3) is 6.71. The Hall–Kier alpha value is -3.22. The van der Waals surface area contributed by atoms with Crippen LogP contribution in [0.5, 0.6) is 5.75 Å². The number of nitrogens with two attached hydrogens (primary N) is 1. The molecule has 6 nitrogen and oxygen atoms in total. The molecule has 0 aliphatic heterocycles. The molecule has 0 heterocycles. The van der Waals surface area contributed by atoms with Gasteiger partial charge in [-0.2, -0.15) is 0 Å². The van der Waals surface area contributed by atoms with Crippen molar-refractivity contribution in [2.24, 2.45) is 22.6 Å². The van der Waals surface area contributed by atoms with Gasteiger partial charge >= 0.3 is 0 Å². The second-order valence-corrected chi connectivity index (χ2v) is 10.1. The maximum Gasteiger partial charge on any atom is 0.230 e. The summed E-state index contributed by atoms with van der Waals surface area (Å²) >= 11 is 0. The largest absolute Gasteiger partial charge is 0.494 e. The molecule has 2 aliphatic carbocycles. The summed E-state index contributed by atoms with van der Waals surface area (Å²) in [5.74, 6) is -0.191. The van der Waals surface area contributed by atoms with Gasteiger partial charge in [-0.05, 0) is 60.4 Å². The summed E-state index contributed by atoms with van der Waals surface area (Å²) in [6.45, 7) is 0. The van der Waals surface area contributed by atoms with Crippen LogP contribution >= 0.6 is 0 Å². The molecule has 192 valence electrons. The molecule has 1 saturated carbocycles. The van der Waals surface area contributed by atoms with Crippen LogP contribution in [-0.2, 0) is 28.9 Å². The Morgan fingerprint density at radius 1 is 1.11 bits per heavy atom. The lowest BCUT2D eigenvalue weighted by atomic mass is 9.83. The minimum Gasteiger partial charge on any atom is -0.494 e. The molecular weight excluding hydrogens is 457 g/mol. The van der Waals surface area contributed by atoms with Crippen LogP contribution in [0.25, 0.3) is 0 Å². The number of ether oxygens (including phenoxy) is 1. The first kappa shape index (κ1) is 25.9. The predicted octanol–water partition coefficient (Wildman–Crippen LogP) is 4.52. The average Bonchev–Trinajstić information content (AvgIpc) is 3.33. The van der Waals surface area contributed by atoms with E-state index in [1.807, 2.05) is 12.1 Å². The molecule has 2 aliphatic rings. The van der Waals surface area contributed by atoms with Crippen LogP contribution in [0.3, 0.4) is 0 Å². The fourth-order valence-corrected chi connectivity index (χ4v) is 5.46. The molecule has 0 saturated heterocycles. The number of halogens is 1. The summed E-state index contributed by atoms with van der Waals surface area (Å²) in [6, 6.07) is 12.1. The quantitative estimate of drug-likeness (QED) is 0.397. The zero-order valence-electron chi connectivity index (χ0n) is 21.0. The Labute approximate surface area is 212 Å². The van der Waals surface area contributed by atoms with E-state index < -0.39 is 11.9 Å². The number of methoxy groups -OCH3 is 1. The molecule has 7 heteroatoms.